The molecule has 0 spiro atoms. The number of allylic oxidation sites excluding steroid dienone is 2. The monoisotopic (exact) mass is 529 g/mol. The third-order valence-electron chi connectivity index (χ3n) is 11.1. The van der Waals surface area contributed by atoms with Crippen LogP contribution < -0.4 is 5.32 Å². The lowest BCUT2D eigenvalue weighted by Crippen LogP contribution is -2.51. The minimum absolute atomic E-state index is 0.0566. The SMILES string of the molecule is CC(=O)[C@H]1CC[C@H]2[C@@H]3CCC4=C/C(=N/OCC(=O)NCCc5cc6ccccc6[nH]5)CC[C@]4(C)[C@H]3CC[C@]12C. The van der Waals surface area contributed by atoms with Gasteiger partial charge in [-0.05, 0) is 110 Å². The van der Waals surface area contributed by atoms with Gasteiger partial charge < -0.3 is 15.1 Å². The number of rotatable bonds is 7. The fourth-order valence-electron chi connectivity index (χ4n) is 9.14. The predicted molar refractivity (Wildman–Crippen MR) is 154 cm³/mol. The summed E-state index contributed by atoms with van der Waals surface area (Å²) in [5, 5.41) is 8.50. The molecule has 1 aromatic carbocycles. The number of oxime groups is 1. The van der Waals surface area contributed by atoms with Crippen LogP contribution in [0.15, 0.2) is 47.1 Å². The van der Waals surface area contributed by atoms with Crippen LogP contribution in [0.25, 0.3) is 10.9 Å². The van der Waals surface area contributed by atoms with Crippen molar-refractivity contribution in [2.75, 3.05) is 13.2 Å². The van der Waals surface area contributed by atoms with Crippen LogP contribution in [0.2, 0.25) is 0 Å². The van der Waals surface area contributed by atoms with Crippen LogP contribution in [0.4, 0.5) is 0 Å². The van der Waals surface area contributed by atoms with Crippen molar-refractivity contribution in [2.45, 2.75) is 78.6 Å². The van der Waals surface area contributed by atoms with Crippen molar-refractivity contribution in [1.29, 1.82) is 0 Å². The second kappa shape index (κ2) is 10.3. The number of aromatic amines is 1. The van der Waals surface area contributed by atoms with Crippen LogP contribution in [-0.2, 0) is 20.8 Å². The van der Waals surface area contributed by atoms with Crippen LogP contribution in [-0.4, -0.2) is 35.5 Å². The molecule has 6 rings (SSSR count). The first-order chi connectivity index (χ1) is 18.8. The lowest BCUT2D eigenvalue weighted by molar-refractivity contribution is -0.128. The number of H-pyrrole nitrogens is 1. The van der Waals surface area contributed by atoms with E-state index in [2.05, 4.69) is 53.6 Å². The summed E-state index contributed by atoms with van der Waals surface area (Å²) in [7, 11) is 0. The molecule has 4 aliphatic carbocycles. The maximum absolute atomic E-state index is 12.4. The maximum Gasteiger partial charge on any atom is 0.260 e. The van der Waals surface area contributed by atoms with Gasteiger partial charge in [0.2, 0.25) is 0 Å². The molecule has 2 aromatic rings. The molecule has 6 nitrogen and oxygen atoms in total. The number of ketones is 1. The van der Waals surface area contributed by atoms with E-state index in [0.29, 0.717) is 24.2 Å². The average molecular weight is 530 g/mol. The summed E-state index contributed by atoms with van der Waals surface area (Å²) in [6, 6.07) is 10.3. The fourth-order valence-corrected chi connectivity index (χ4v) is 9.14. The van der Waals surface area contributed by atoms with E-state index >= 15 is 0 Å². The summed E-state index contributed by atoms with van der Waals surface area (Å²) in [5.74, 6) is 2.65. The zero-order chi connectivity index (χ0) is 27.2. The number of carbonyl (C=O) groups excluding carboxylic acids is 2. The van der Waals surface area contributed by atoms with Gasteiger partial charge in [0.15, 0.2) is 6.61 Å². The van der Waals surface area contributed by atoms with Crippen molar-refractivity contribution >= 4 is 28.3 Å². The molecule has 1 aromatic heterocycles. The fraction of sp³-hybridized carbons (Fsp3) is 0.606. The Bertz CT molecular complexity index is 1290. The lowest BCUT2D eigenvalue weighted by atomic mass is 9.46. The van der Waals surface area contributed by atoms with E-state index in [0.717, 1.165) is 54.9 Å². The Morgan fingerprint density at radius 2 is 1.92 bits per heavy atom. The highest BCUT2D eigenvalue weighted by atomic mass is 16.6. The number of aromatic nitrogens is 1. The smallest absolute Gasteiger partial charge is 0.260 e. The molecule has 0 aliphatic heterocycles. The summed E-state index contributed by atoms with van der Waals surface area (Å²) in [4.78, 5) is 33.6. The first kappa shape index (κ1) is 26.3. The van der Waals surface area contributed by atoms with Gasteiger partial charge in [-0.3, -0.25) is 9.59 Å². The summed E-state index contributed by atoms with van der Waals surface area (Å²) in [6.45, 7) is 7.21. The van der Waals surface area contributed by atoms with E-state index in [1.54, 1.807) is 0 Å². The number of fused-ring (bicyclic) bond motifs is 6. The van der Waals surface area contributed by atoms with Gasteiger partial charge in [-0.25, -0.2) is 0 Å². The molecular weight excluding hydrogens is 486 g/mol. The first-order valence-electron chi connectivity index (χ1n) is 15.0. The van der Waals surface area contributed by atoms with Gasteiger partial charge in [-0.1, -0.05) is 42.8 Å². The van der Waals surface area contributed by atoms with Crippen molar-refractivity contribution in [3.8, 4) is 0 Å². The normalized spacial score (nSPS) is 34.6. The molecule has 0 bridgehead atoms. The third kappa shape index (κ3) is 4.74. The molecule has 3 saturated carbocycles. The minimum atomic E-state index is -0.144. The second-order valence-electron chi connectivity index (χ2n) is 13.1. The quantitative estimate of drug-likeness (QED) is 0.409. The number of Topliss-reactive ketones (excluding diaryl/α,β-unsaturated/α-hetero) is 1. The highest BCUT2D eigenvalue weighted by molar-refractivity contribution is 5.96. The van der Waals surface area contributed by atoms with Crippen LogP contribution in [0, 0.1) is 34.5 Å². The van der Waals surface area contributed by atoms with E-state index < -0.39 is 0 Å². The zero-order valence-electron chi connectivity index (χ0n) is 23.7. The number of hydrogen-bond acceptors (Lipinski definition) is 4. The summed E-state index contributed by atoms with van der Waals surface area (Å²) >= 11 is 0. The van der Waals surface area contributed by atoms with Gasteiger partial charge in [0.05, 0.1) is 5.71 Å². The largest absolute Gasteiger partial charge is 0.385 e. The van der Waals surface area contributed by atoms with Crippen molar-refractivity contribution in [3.63, 3.8) is 0 Å². The number of nitrogens with zero attached hydrogens (tertiary/aromatic N) is 1. The molecule has 0 saturated heterocycles. The van der Waals surface area contributed by atoms with Gasteiger partial charge in [0.25, 0.3) is 5.91 Å². The Hall–Kier alpha value is -2.89. The van der Waals surface area contributed by atoms with Gasteiger partial charge in [0.1, 0.15) is 5.78 Å². The number of nitrogens with one attached hydrogen (secondary N) is 2. The summed E-state index contributed by atoms with van der Waals surface area (Å²) in [6.07, 6.45) is 12.1. The molecule has 3 fully saturated rings. The molecular formula is C33H43N3O3. The van der Waals surface area contributed by atoms with Gasteiger partial charge in [-0.2, -0.15) is 0 Å². The van der Waals surface area contributed by atoms with Crippen molar-refractivity contribution < 1.29 is 14.4 Å². The Kier molecular flexibility index (Phi) is 6.93. The molecule has 1 heterocycles. The van der Waals surface area contributed by atoms with Gasteiger partial charge >= 0.3 is 0 Å². The van der Waals surface area contributed by atoms with Crippen LogP contribution in [0.1, 0.15) is 77.8 Å². The van der Waals surface area contributed by atoms with Crippen LogP contribution in [0.5, 0.6) is 0 Å². The standard InChI is InChI=1S/C33H43N3O3/c1-21(37)27-10-11-28-26-9-8-23-19-25(12-15-32(23,2)29(26)13-16-33(27,28)3)36-39-20-31(38)34-17-14-24-18-22-6-4-5-7-30(22)35-24/h4-7,18-19,26-29,35H,8-17,20H2,1-3H3,(H,34,38)/b36-25+/t26-,27+,28-,29-,32-,33+/m0/s1. The zero-order valence-corrected chi connectivity index (χ0v) is 23.7. The van der Waals surface area contributed by atoms with Crippen LogP contribution >= 0.6 is 0 Å². The Labute approximate surface area is 232 Å². The van der Waals surface area contributed by atoms with Gasteiger partial charge in [-0.15, -0.1) is 0 Å². The van der Waals surface area contributed by atoms with E-state index in [-0.39, 0.29) is 29.3 Å². The van der Waals surface area contributed by atoms with E-state index in [4.69, 9.17) is 4.84 Å². The number of amides is 1. The number of benzene rings is 1. The van der Waals surface area contributed by atoms with E-state index in [1.807, 2.05) is 19.1 Å². The Morgan fingerprint density at radius 1 is 1.08 bits per heavy atom. The molecule has 6 atom stereocenters. The first-order valence-corrected chi connectivity index (χ1v) is 15.0. The van der Waals surface area contributed by atoms with E-state index in [9.17, 15) is 9.59 Å². The highest BCUT2D eigenvalue weighted by Crippen LogP contribution is 2.66. The predicted octanol–water partition coefficient (Wildman–Crippen LogP) is 6.37. The molecule has 2 N–H and O–H groups in total. The number of hydrogen-bond donors (Lipinski definition) is 2. The molecule has 0 unspecified atom stereocenters. The molecule has 39 heavy (non-hydrogen) atoms. The average Bonchev–Trinajstić information content (AvgIpc) is 3.49. The Morgan fingerprint density at radius 3 is 2.74 bits per heavy atom. The summed E-state index contributed by atoms with van der Waals surface area (Å²) in [5.41, 5.74) is 5.13. The number of carbonyl (C=O) groups is 2. The molecule has 0 radical (unpaired) electrons. The van der Waals surface area contributed by atoms with E-state index in [1.165, 1.54) is 36.6 Å². The second-order valence-corrected chi connectivity index (χ2v) is 13.1. The van der Waals surface area contributed by atoms with Crippen molar-refractivity contribution in [1.82, 2.24) is 10.3 Å². The number of para-hydroxylation sites is 1. The Balaban J connectivity index is 1.02. The lowest BCUT2D eigenvalue weighted by Gasteiger charge is -2.58. The third-order valence-corrected chi connectivity index (χ3v) is 11.1. The molecule has 4 aliphatic rings. The topological polar surface area (TPSA) is 83.5 Å². The van der Waals surface area contributed by atoms with Crippen LogP contribution in [0.3, 0.4) is 0 Å². The highest BCUT2D eigenvalue weighted by Gasteiger charge is 2.59. The van der Waals surface area contributed by atoms with Gasteiger partial charge in [0, 0.05) is 30.1 Å². The molecule has 1 amide bonds. The molecule has 208 valence electrons. The summed E-state index contributed by atoms with van der Waals surface area (Å²) < 4.78 is 0. The van der Waals surface area contributed by atoms with Crippen molar-refractivity contribution in [2.24, 2.45) is 39.7 Å². The minimum Gasteiger partial charge on any atom is -0.385 e. The maximum atomic E-state index is 12.4. The van der Waals surface area contributed by atoms with Crippen molar-refractivity contribution in [3.05, 3.63) is 47.7 Å². The molecule has 6 heteroatoms.